The predicted molar refractivity (Wildman–Crippen MR) is 94.9 cm³/mol. The van der Waals surface area contributed by atoms with Crippen molar-refractivity contribution in [3.05, 3.63) is 70.4 Å². The topological polar surface area (TPSA) is 32.9 Å². The quantitative estimate of drug-likeness (QED) is 0.563. The summed E-state index contributed by atoms with van der Waals surface area (Å²) in [5.74, 6) is 0.00585. The monoisotopic (exact) mass is 327 g/mol. The van der Waals surface area contributed by atoms with E-state index in [9.17, 15) is 4.79 Å². The maximum Gasteiger partial charge on any atom is 0.193 e. The van der Waals surface area contributed by atoms with E-state index in [1.165, 1.54) is 10.9 Å². The molecule has 3 rings (SSSR count). The number of nitrogens with one attached hydrogen (secondary N) is 1. The summed E-state index contributed by atoms with van der Waals surface area (Å²) >= 11 is 5.88. The lowest BCUT2D eigenvalue weighted by Gasteiger charge is -2.23. The van der Waals surface area contributed by atoms with Crippen molar-refractivity contribution in [1.82, 2.24) is 4.98 Å². The molecule has 0 spiro atoms. The zero-order chi connectivity index (χ0) is 16.6. The van der Waals surface area contributed by atoms with Gasteiger partial charge in [-0.3, -0.25) is 4.79 Å². The van der Waals surface area contributed by atoms with Gasteiger partial charge < -0.3 is 9.47 Å². The van der Waals surface area contributed by atoms with Crippen LogP contribution in [0.25, 0.3) is 10.9 Å². The summed E-state index contributed by atoms with van der Waals surface area (Å²) in [6, 6.07) is 12.8. The van der Waals surface area contributed by atoms with Gasteiger partial charge in [-0.25, -0.2) is 0 Å². The van der Waals surface area contributed by atoms with Gasteiger partial charge >= 0.3 is 0 Å². The number of benzene rings is 2. The molecule has 0 amide bonds. The van der Waals surface area contributed by atoms with Crippen molar-refractivity contribution in [2.45, 2.75) is 6.54 Å². The highest BCUT2D eigenvalue weighted by Gasteiger charge is 2.15. The fourth-order valence-electron chi connectivity index (χ4n) is 2.74. The van der Waals surface area contributed by atoms with Gasteiger partial charge in [0.1, 0.15) is 6.54 Å². The first kappa shape index (κ1) is 15.8. The molecule has 2 aromatic carbocycles. The molecule has 0 bridgehead atoms. The van der Waals surface area contributed by atoms with E-state index >= 15 is 0 Å². The van der Waals surface area contributed by atoms with Gasteiger partial charge in [0.15, 0.2) is 5.78 Å². The van der Waals surface area contributed by atoms with E-state index in [1.807, 2.05) is 24.4 Å². The van der Waals surface area contributed by atoms with Crippen LogP contribution in [0.1, 0.15) is 21.5 Å². The maximum absolute atomic E-state index is 12.6. The fourth-order valence-corrected chi connectivity index (χ4v) is 2.86. The number of nitrogens with zero attached hydrogens (tertiary/aromatic N) is 1. The van der Waals surface area contributed by atoms with Gasteiger partial charge in [0, 0.05) is 38.8 Å². The molecule has 1 heterocycles. The Morgan fingerprint density at radius 1 is 1.04 bits per heavy atom. The van der Waals surface area contributed by atoms with Crippen LogP contribution in [0.3, 0.4) is 0 Å². The van der Waals surface area contributed by atoms with Crippen molar-refractivity contribution in [2.75, 3.05) is 21.1 Å². The van der Waals surface area contributed by atoms with Gasteiger partial charge in [0.05, 0.1) is 21.1 Å². The second-order valence-electron chi connectivity index (χ2n) is 6.86. The van der Waals surface area contributed by atoms with Crippen LogP contribution >= 0.6 is 11.6 Å². The van der Waals surface area contributed by atoms with Gasteiger partial charge in [-0.05, 0) is 30.3 Å². The third kappa shape index (κ3) is 3.46. The first-order valence-electron chi connectivity index (χ1n) is 7.54. The highest BCUT2D eigenvalue weighted by Crippen LogP contribution is 2.23. The Hall–Kier alpha value is -2.10. The number of fused-ring (bicyclic) bond motifs is 1. The van der Waals surface area contributed by atoms with Crippen LogP contribution in [0, 0.1) is 0 Å². The van der Waals surface area contributed by atoms with Gasteiger partial charge in [-0.15, -0.1) is 0 Å². The molecule has 0 aliphatic rings. The highest BCUT2D eigenvalue weighted by atomic mass is 35.5. The number of quaternary nitrogens is 1. The summed E-state index contributed by atoms with van der Waals surface area (Å²) in [5.41, 5.74) is 3.58. The Morgan fingerprint density at radius 2 is 1.70 bits per heavy atom. The molecule has 3 nitrogen and oxygen atoms in total. The Kier molecular flexibility index (Phi) is 4.00. The lowest BCUT2D eigenvalue weighted by atomic mass is 10.0. The molecular formula is C19H20ClN2O+. The van der Waals surface area contributed by atoms with E-state index in [0.717, 1.165) is 16.5 Å². The zero-order valence-corrected chi connectivity index (χ0v) is 14.3. The summed E-state index contributed by atoms with van der Waals surface area (Å²) in [5, 5.41) is 1.80. The molecule has 23 heavy (non-hydrogen) atoms. The van der Waals surface area contributed by atoms with Crippen molar-refractivity contribution in [1.29, 1.82) is 0 Å². The van der Waals surface area contributed by atoms with E-state index < -0.39 is 0 Å². The van der Waals surface area contributed by atoms with Crippen LogP contribution < -0.4 is 0 Å². The number of hydrogen-bond acceptors (Lipinski definition) is 1. The van der Waals surface area contributed by atoms with Crippen LogP contribution in [0.4, 0.5) is 0 Å². The molecule has 0 radical (unpaired) electrons. The van der Waals surface area contributed by atoms with Gasteiger partial charge in [-0.2, -0.15) is 0 Å². The van der Waals surface area contributed by atoms with Crippen LogP contribution in [0.2, 0.25) is 5.02 Å². The normalized spacial score (nSPS) is 11.8. The van der Waals surface area contributed by atoms with Crippen molar-refractivity contribution >= 4 is 28.3 Å². The summed E-state index contributed by atoms with van der Waals surface area (Å²) in [6.45, 7) is 0.935. The van der Waals surface area contributed by atoms with Crippen molar-refractivity contribution in [2.24, 2.45) is 0 Å². The number of halogens is 1. The number of aromatic nitrogens is 1. The fraction of sp³-hybridized carbons (Fsp3) is 0.211. The smallest absolute Gasteiger partial charge is 0.193 e. The minimum absolute atomic E-state index is 0.00585. The molecule has 1 aromatic heterocycles. The molecule has 0 saturated carbocycles. The largest absolute Gasteiger partial charge is 0.361 e. The van der Waals surface area contributed by atoms with Crippen LogP contribution in [0.15, 0.2) is 48.7 Å². The van der Waals surface area contributed by atoms with E-state index in [2.05, 4.69) is 26.1 Å². The highest BCUT2D eigenvalue weighted by molar-refractivity contribution is 6.30. The number of hydrogen-bond donors (Lipinski definition) is 1. The van der Waals surface area contributed by atoms with E-state index in [4.69, 9.17) is 11.6 Å². The average Bonchev–Trinajstić information content (AvgIpc) is 2.88. The van der Waals surface area contributed by atoms with E-state index in [1.54, 1.807) is 24.3 Å². The molecule has 0 unspecified atom stereocenters. The number of aromatic amines is 1. The Balaban J connectivity index is 1.94. The lowest BCUT2D eigenvalue weighted by Crippen LogP contribution is -2.33. The SMILES string of the molecule is C[N+](C)(C)Cc1c[nH]c2cc(C(=O)c3ccc(Cl)cc3)ccc12. The van der Waals surface area contributed by atoms with Crippen molar-refractivity contribution in [3.8, 4) is 0 Å². The van der Waals surface area contributed by atoms with Crippen LogP contribution in [-0.2, 0) is 6.54 Å². The first-order valence-corrected chi connectivity index (χ1v) is 7.92. The summed E-state index contributed by atoms with van der Waals surface area (Å²) in [7, 11) is 6.49. The molecular weight excluding hydrogens is 308 g/mol. The minimum atomic E-state index is 0.00585. The molecule has 0 fully saturated rings. The van der Waals surface area contributed by atoms with Crippen molar-refractivity contribution < 1.29 is 9.28 Å². The molecule has 0 aliphatic heterocycles. The maximum atomic E-state index is 12.6. The van der Waals surface area contributed by atoms with E-state index in [-0.39, 0.29) is 5.78 Å². The molecule has 0 aliphatic carbocycles. The average molecular weight is 328 g/mol. The number of rotatable bonds is 4. The Bertz CT molecular complexity index is 857. The Morgan fingerprint density at radius 3 is 2.35 bits per heavy atom. The molecule has 118 valence electrons. The lowest BCUT2D eigenvalue weighted by molar-refractivity contribution is -0.883. The summed E-state index contributed by atoms with van der Waals surface area (Å²) in [4.78, 5) is 15.9. The number of carbonyl (C=O) groups is 1. The second kappa shape index (κ2) is 5.84. The van der Waals surface area contributed by atoms with Gasteiger partial charge in [-0.1, -0.05) is 23.7 Å². The predicted octanol–water partition coefficient (Wildman–Crippen LogP) is 4.26. The van der Waals surface area contributed by atoms with E-state index in [0.29, 0.717) is 16.1 Å². The standard InChI is InChI=1S/C19H19ClN2O/c1-22(2,3)12-15-11-21-18-10-14(6-9-17(15)18)19(23)13-4-7-16(20)8-5-13/h4-11H,12H2,1-3H3/p+1. The Labute approximate surface area is 141 Å². The zero-order valence-electron chi connectivity index (χ0n) is 13.6. The molecule has 3 aromatic rings. The second-order valence-corrected chi connectivity index (χ2v) is 7.30. The number of H-pyrrole nitrogens is 1. The van der Waals surface area contributed by atoms with Gasteiger partial charge in [0.25, 0.3) is 0 Å². The summed E-state index contributed by atoms with van der Waals surface area (Å²) in [6.07, 6.45) is 2.03. The minimum Gasteiger partial charge on any atom is -0.361 e. The third-order valence-corrected chi connectivity index (χ3v) is 4.03. The number of ketones is 1. The summed E-state index contributed by atoms with van der Waals surface area (Å²) < 4.78 is 0.860. The first-order chi connectivity index (χ1) is 10.8. The number of carbonyl (C=O) groups excluding carboxylic acids is 1. The molecule has 4 heteroatoms. The molecule has 0 saturated heterocycles. The third-order valence-electron chi connectivity index (χ3n) is 3.78. The molecule has 0 atom stereocenters. The van der Waals surface area contributed by atoms with Crippen LogP contribution in [-0.4, -0.2) is 36.4 Å². The molecule has 1 N–H and O–H groups in total. The van der Waals surface area contributed by atoms with Crippen LogP contribution in [0.5, 0.6) is 0 Å². The van der Waals surface area contributed by atoms with Gasteiger partial charge in [0.2, 0.25) is 0 Å². The van der Waals surface area contributed by atoms with Crippen molar-refractivity contribution in [3.63, 3.8) is 0 Å².